The van der Waals surface area contributed by atoms with Gasteiger partial charge in [0.15, 0.2) is 5.60 Å². The molecule has 0 aromatic rings. The topological polar surface area (TPSA) is 76.0 Å². The van der Waals surface area contributed by atoms with Gasteiger partial charge in [-0.1, -0.05) is 0 Å². The first-order valence-electron chi connectivity index (χ1n) is 3.77. The third-order valence-electron chi connectivity index (χ3n) is 1.84. The van der Waals surface area contributed by atoms with Crippen LogP contribution in [-0.2, 0) is 14.3 Å². The van der Waals surface area contributed by atoms with Crippen molar-refractivity contribution in [2.24, 2.45) is 0 Å². The molecule has 1 rings (SSSR count). The second-order valence-corrected chi connectivity index (χ2v) is 2.67. The summed E-state index contributed by atoms with van der Waals surface area (Å²) in [6.07, 6.45) is 0.350. The Morgan fingerprint density at radius 2 is 2.42 bits per heavy atom. The summed E-state index contributed by atoms with van der Waals surface area (Å²) in [6.45, 7) is 0.338. The molecule has 0 aromatic carbocycles. The average molecular weight is 176 g/mol. The van der Waals surface area contributed by atoms with Crippen LogP contribution in [0.5, 0.6) is 0 Å². The van der Waals surface area contributed by atoms with Crippen molar-refractivity contribution < 1.29 is 24.5 Å². The molecule has 0 amide bonds. The van der Waals surface area contributed by atoms with E-state index >= 15 is 0 Å². The van der Waals surface area contributed by atoms with Crippen LogP contribution in [0.3, 0.4) is 0 Å². The Labute approximate surface area is 69.9 Å². The van der Waals surface area contributed by atoms with Gasteiger partial charge in [0.1, 0.15) is 0 Å². The molecule has 1 atom stereocenters. The van der Waals surface area contributed by atoms with E-state index in [2.05, 4.69) is 0 Å². The maximum Gasteiger partial charge on any atom is 0.338 e. The van der Waals surface area contributed by atoms with Crippen molar-refractivity contribution in [1.29, 1.82) is 0 Å². The zero-order chi connectivity index (χ0) is 9.03. The molecular weight excluding hydrogens is 164 g/mol. The average Bonchev–Trinajstić information content (AvgIpc) is 2.50. The highest BCUT2D eigenvalue weighted by atomic mass is 16.6. The van der Waals surface area contributed by atoms with Crippen molar-refractivity contribution in [2.75, 3.05) is 26.4 Å². The lowest BCUT2D eigenvalue weighted by Crippen LogP contribution is -2.42. The molecule has 0 aliphatic carbocycles. The monoisotopic (exact) mass is 176 g/mol. The van der Waals surface area contributed by atoms with Crippen molar-refractivity contribution in [3.63, 3.8) is 0 Å². The summed E-state index contributed by atoms with van der Waals surface area (Å²) in [5.74, 6) is -1.02. The molecule has 1 aliphatic rings. The molecule has 1 aliphatic heterocycles. The molecular formula is C7H12O5. The summed E-state index contributed by atoms with van der Waals surface area (Å²) in [4.78, 5) is 10.7. The largest absolute Gasteiger partial charge is 0.479 e. The highest BCUT2D eigenvalue weighted by molar-refractivity contribution is 5.78. The van der Waals surface area contributed by atoms with E-state index in [-0.39, 0.29) is 19.8 Å². The van der Waals surface area contributed by atoms with Gasteiger partial charge in [0.2, 0.25) is 0 Å². The Morgan fingerprint density at radius 3 is 2.83 bits per heavy atom. The van der Waals surface area contributed by atoms with Crippen LogP contribution >= 0.6 is 0 Å². The van der Waals surface area contributed by atoms with Crippen LogP contribution in [0.15, 0.2) is 0 Å². The van der Waals surface area contributed by atoms with E-state index in [1.54, 1.807) is 0 Å². The zero-order valence-corrected chi connectivity index (χ0v) is 6.65. The predicted molar refractivity (Wildman–Crippen MR) is 38.8 cm³/mol. The molecule has 0 radical (unpaired) electrons. The van der Waals surface area contributed by atoms with Gasteiger partial charge < -0.3 is 19.7 Å². The Hall–Kier alpha value is -0.650. The maximum absolute atomic E-state index is 10.7. The van der Waals surface area contributed by atoms with Gasteiger partial charge in [-0.05, 0) is 0 Å². The standard InChI is InChI=1S/C7H12O5/c8-2-4-12-7(6(9)10)1-3-11-5-7/h8H,1-5H2,(H,9,10). The Morgan fingerprint density at radius 1 is 1.67 bits per heavy atom. The number of rotatable bonds is 4. The van der Waals surface area contributed by atoms with Crippen molar-refractivity contribution in [3.8, 4) is 0 Å². The van der Waals surface area contributed by atoms with E-state index in [1.807, 2.05) is 0 Å². The second kappa shape index (κ2) is 3.84. The Bertz CT molecular complexity index is 161. The van der Waals surface area contributed by atoms with Crippen molar-refractivity contribution in [3.05, 3.63) is 0 Å². The first-order chi connectivity index (χ1) is 5.71. The lowest BCUT2D eigenvalue weighted by atomic mass is 10.0. The number of carboxylic acid groups (broad SMARTS) is 1. The highest BCUT2D eigenvalue weighted by Gasteiger charge is 2.43. The summed E-state index contributed by atoms with van der Waals surface area (Å²) in [5.41, 5.74) is -1.22. The summed E-state index contributed by atoms with van der Waals surface area (Å²) in [7, 11) is 0. The third-order valence-corrected chi connectivity index (χ3v) is 1.84. The van der Waals surface area contributed by atoms with Gasteiger partial charge in [-0.15, -0.1) is 0 Å². The summed E-state index contributed by atoms with van der Waals surface area (Å²) >= 11 is 0. The molecule has 0 bridgehead atoms. The predicted octanol–water partition coefficient (Wildman–Crippen LogP) is -0.761. The van der Waals surface area contributed by atoms with Crippen LogP contribution in [0.2, 0.25) is 0 Å². The molecule has 5 heteroatoms. The lowest BCUT2D eigenvalue weighted by molar-refractivity contribution is -0.166. The van der Waals surface area contributed by atoms with E-state index in [1.165, 1.54) is 0 Å². The van der Waals surface area contributed by atoms with Gasteiger partial charge in [0.25, 0.3) is 0 Å². The van der Waals surface area contributed by atoms with E-state index in [0.29, 0.717) is 13.0 Å². The Kier molecular flexibility index (Phi) is 3.02. The maximum atomic E-state index is 10.7. The van der Waals surface area contributed by atoms with Gasteiger partial charge >= 0.3 is 5.97 Å². The smallest absolute Gasteiger partial charge is 0.338 e. The number of aliphatic hydroxyl groups is 1. The van der Waals surface area contributed by atoms with Crippen LogP contribution < -0.4 is 0 Å². The minimum atomic E-state index is -1.22. The molecule has 0 saturated carbocycles. The van der Waals surface area contributed by atoms with E-state index in [0.717, 1.165) is 0 Å². The summed E-state index contributed by atoms with van der Waals surface area (Å²) < 4.78 is 9.96. The molecule has 1 heterocycles. The molecule has 1 unspecified atom stereocenters. The quantitative estimate of drug-likeness (QED) is 0.588. The first-order valence-corrected chi connectivity index (χ1v) is 3.77. The minimum absolute atomic E-state index is 0.0374. The molecule has 1 fully saturated rings. The fourth-order valence-electron chi connectivity index (χ4n) is 1.13. The van der Waals surface area contributed by atoms with Crippen LogP contribution in [0.4, 0.5) is 0 Å². The Balaban J connectivity index is 2.53. The molecule has 5 nitrogen and oxygen atoms in total. The fourth-order valence-corrected chi connectivity index (χ4v) is 1.13. The SMILES string of the molecule is O=C(O)C1(OCCO)CCOC1. The van der Waals surface area contributed by atoms with Gasteiger partial charge in [0.05, 0.1) is 26.4 Å². The number of aliphatic hydroxyl groups excluding tert-OH is 1. The van der Waals surface area contributed by atoms with Crippen LogP contribution in [0.1, 0.15) is 6.42 Å². The zero-order valence-electron chi connectivity index (χ0n) is 6.65. The minimum Gasteiger partial charge on any atom is -0.479 e. The van der Waals surface area contributed by atoms with Gasteiger partial charge in [0, 0.05) is 6.42 Å². The first kappa shape index (κ1) is 9.44. The second-order valence-electron chi connectivity index (χ2n) is 2.67. The van der Waals surface area contributed by atoms with E-state index in [9.17, 15) is 4.79 Å². The molecule has 12 heavy (non-hydrogen) atoms. The van der Waals surface area contributed by atoms with Crippen molar-refractivity contribution in [1.82, 2.24) is 0 Å². The van der Waals surface area contributed by atoms with E-state index in [4.69, 9.17) is 19.7 Å². The lowest BCUT2D eigenvalue weighted by Gasteiger charge is -2.21. The molecule has 70 valence electrons. The van der Waals surface area contributed by atoms with Crippen LogP contribution in [-0.4, -0.2) is 48.2 Å². The van der Waals surface area contributed by atoms with Crippen molar-refractivity contribution >= 4 is 5.97 Å². The number of carbonyl (C=O) groups is 1. The summed E-state index contributed by atoms with van der Waals surface area (Å²) in [5, 5.41) is 17.3. The fraction of sp³-hybridized carbons (Fsp3) is 0.857. The molecule has 1 saturated heterocycles. The molecule has 2 N–H and O–H groups in total. The molecule has 0 aromatic heterocycles. The third kappa shape index (κ3) is 1.74. The van der Waals surface area contributed by atoms with Crippen LogP contribution in [0, 0.1) is 0 Å². The van der Waals surface area contributed by atoms with Crippen molar-refractivity contribution in [2.45, 2.75) is 12.0 Å². The highest BCUT2D eigenvalue weighted by Crippen LogP contribution is 2.23. The number of aliphatic carboxylic acids is 1. The number of ether oxygens (including phenoxy) is 2. The van der Waals surface area contributed by atoms with Crippen LogP contribution in [0.25, 0.3) is 0 Å². The number of carboxylic acids is 1. The van der Waals surface area contributed by atoms with E-state index < -0.39 is 11.6 Å². The number of hydrogen-bond acceptors (Lipinski definition) is 4. The van der Waals surface area contributed by atoms with Gasteiger partial charge in [-0.25, -0.2) is 4.79 Å². The van der Waals surface area contributed by atoms with Gasteiger partial charge in [-0.3, -0.25) is 0 Å². The summed E-state index contributed by atoms with van der Waals surface area (Å²) in [6, 6.07) is 0. The normalized spacial score (nSPS) is 29.1. The molecule has 0 spiro atoms. The number of hydrogen-bond donors (Lipinski definition) is 2. The van der Waals surface area contributed by atoms with Gasteiger partial charge in [-0.2, -0.15) is 0 Å².